The van der Waals surface area contributed by atoms with Gasteiger partial charge in [-0.2, -0.15) is 5.10 Å². The van der Waals surface area contributed by atoms with Gasteiger partial charge in [0.2, 0.25) is 0 Å². The first-order valence-electron chi connectivity index (χ1n) is 12.2. The number of rotatable bonds is 11. The lowest BCUT2D eigenvalue weighted by molar-refractivity contribution is -0.119. The molecule has 0 aliphatic carbocycles. The number of hydrogen-bond acceptors (Lipinski definition) is 6. The average molecular weight is 544 g/mol. The van der Waals surface area contributed by atoms with E-state index in [1.54, 1.807) is 54.6 Å². The van der Waals surface area contributed by atoms with Gasteiger partial charge in [-0.05, 0) is 66.6 Å². The Morgan fingerprint density at radius 2 is 1.56 bits per heavy atom. The van der Waals surface area contributed by atoms with E-state index in [2.05, 4.69) is 10.5 Å². The lowest BCUT2D eigenvalue weighted by Gasteiger charge is -2.25. The minimum Gasteiger partial charge on any atom is -0.495 e. The molecule has 0 aromatic heterocycles. The summed E-state index contributed by atoms with van der Waals surface area (Å²) in [5.74, 6) is 0.406. The molecule has 0 radical (unpaired) electrons. The van der Waals surface area contributed by atoms with Crippen molar-refractivity contribution in [1.29, 1.82) is 0 Å². The Labute approximate surface area is 228 Å². The molecule has 0 spiro atoms. The summed E-state index contributed by atoms with van der Waals surface area (Å²) in [7, 11) is -2.63. The van der Waals surface area contributed by atoms with Crippen LogP contribution >= 0.6 is 0 Å². The zero-order valence-electron chi connectivity index (χ0n) is 21.7. The molecule has 4 aromatic carbocycles. The maximum absolute atomic E-state index is 13.5. The molecule has 0 bridgehead atoms. The second-order valence-corrected chi connectivity index (χ2v) is 10.5. The van der Waals surface area contributed by atoms with E-state index < -0.39 is 22.5 Å². The van der Waals surface area contributed by atoms with E-state index in [1.165, 1.54) is 31.0 Å². The predicted molar refractivity (Wildman–Crippen MR) is 152 cm³/mol. The molecule has 0 unspecified atom stereocenters. The first-order chi connectivity index (χ1) is 18.9. The van der Waals surface area contributed by atoms with E-state index in [1.807, 2.05) is 43.3 Å². The van der Waals surface area contributed by atoms with Crippen LogP contribution in [0.15, 0.2) is 113 Å². The molecular formula is C30H29N3O5S. The highest BCUT2D eigenvalue weighted by atomic mass is 32.2. The fourth-order valence-corrected chi connectivity index (χ4v) is 5.15. The first-order valence-corrected chi connectivity index (χ1v) is 13.6. The summed E-state index contributed by atoms with van der Waals surface area (Å²) in [5, 5.41) is 4.00. The Morgan fingerprint density at radius 1 is 0.897 bits per heavy atom. The van der Waals surface area contributed by atoms with E-state index in [4.69, 9.17) is 9.47 Å². The molecule has 4 aromatic rings. The van der Waals surface area contributed by atoms with Crippen LogP contribution < -0.4 is 19.2 Å². The van der Waals surface area contributed by atoms with Gasteiger partial charge in [-0.1, -0.05) is 60.2 Å². The minimum atomic E-state index is -4.06. The molecule has 0 atom stereocenters. The summed E-state index contributed by atoms with van der Waals surface area (Å²) in [6.07, 6.45) is 1.47. The highest BCUT2D eigenvalue weighted by Crippen LogP contribution is 2.32. The molecule has 0 saturated carbocycles. The number of para-hydroxylation sites is 2. The van der Waals surface area contributed by atoms with E-state index in [0.29, 0.717) is 18.1 Å². The van der Waals surface area contributed by atoms with Crippen molar-refractivity contribution in [1.82, 2.24) is 5.43 Å². The number of methoxy groups -OCH3 is 1. The monoisotopic (exact) mass is 543 g/mol. The SMILES string of the molecule is COc1ccccc1N(CC(=O)NN=Cc1ccc(OCc2ccc(C)cc2)cc1)S(=O)(=O)c1ccccc1. The van der Waals surface area contributed by atoms with Crippen molar-refractivity contribution in [3.63, 3.8) is 0 Å². The van der Waals surface area contributed by atoms with Gasteiger partial charge in [-0.25, -0.2) is 13.8 Å². The molecule has 0 fully saturated rings. The molecule has 9 heteroatoms. The topological polar surface area (TPSA) is 97.3 Å². The van der Waals surface area contributed by atoms with Crippen LogP contribution in [0.5, 0.6) is 11.5 Å². The maximum Gasteiger partial charge on any atom is 0.264 e. The van der Waals surface area contributed by atoms with Crippen LogP contribution in [0.4, 0.5) is 5.69 Å². The molecule has 0 saturated heterocycles. The van der Waals surface area contributed by atoms with Crippen LogP contribution in [0.2, 0.25) is 0 Å². The second kappa shape index (κ2) is 12.7. The molecule has 39 heavy (non-hydrogen) atoms. The Hall–Kier alpha value is -4.63. The number of nitrogens with one attached hydrogen (secondary N) is 1. The molecule has 0 aliphatic heterocycles. The number of anilines is 1. The molecule has 200 valence electrons. The fourth-order valence-electron chi connectivity index (χ4n) is 3.70. The second-order valence-electron chi connectivity index (χ2n) is 8.63. The highest BCUT2D eigenvalue weighted by Gasteiger charge is 2.29. The molecule has 0 aliphatic rings. The number of hydrogen-bond donors (Lipinski definition) is 1. The molecular weight excluding hydrogens is 514 g/mol. The quantitative estimate of drug-likeness (QED) is 0.214. The number of hydrazone groups is 1. The van der Waals surface area contributed by atoms with Crippen LogP contribution in [-0.4, -0.2) is 34.2 Å². The van der Waals surface area contributed by atoms with Crippen LogP contribution in [0.1, 0.15) is 16.7 Å². The zero-order valence-corrected chi connectivity index (χ0v) is 22.5. The molecule has 4 rings (SSSR count). The van der Waals surface area contributed by atoms with Crippen LogP contribution in [-0.2, 0) is 21.4 Å². The number of amides is 1. The summed E-state index contributed by atoms with van der Waals surface area (Å²) < 4.78 is 39.1. The Morgan fingerprint density at radius 3 is 2.26 bits per heavy atom. The fraction of sp³-hybridized carbons (Fsp3) is 0.133. The van der Waals surface area contributed by atoms with Gasteiger partial charge in [-0.3, -0.25) is 9.10 Å². The van der Waals surface area contributed by atoms with Crippen molar-refractivity contribution < 1.29 is 22.7 Å². The normalized spacial score (nSPS) is 11.2. The average Bonchev–Trinajstić information content (AvgIpc) is 2.96. The number of benzene rings is 4. The van der Waals surface area contributed by atoms with E-state index in [0.717, 1.165) is 15.4 Å². The van der Waals surface area contributed by atoms with E-state index in [-0.39, 0.29) is 10.6 Å². The van der Waals surface area contributed by atoms with Crippen LogP contribution in [0.3, 0.4) is 0 Å². The van der Waals surface area contributed by atoms with Gasteiger partial charge in [-0.15, -0.1) is 0 Å². The largest absolute Gasteiger partial charge is 0.495 e. The maximum atomic E-state index is 13.5. The van der Waals surface area contributed by atoms with Gasteiger partial charge in [0.05, 0.1) is 23.9 Å². The Kier molecular flexibility index (Phi) is 8.96. The third-order valence-electron chi connectivity index (χ3n) is 5.78. The Bertz CT molecular complexity index is 1520. The lowest BCUT2D eigenvalue weighted by Crippen LogP contribution is -2.39. The van der Waals surface area contributed by atoms with Crippen LogP contribution in [0, 0.1) is 6.92 Å². The van der Waals surface area contributed by atoms with Crippen LogP contribution in [0.25, 0.3) is 0 Å². The minimum absolute atomic E-state index is 0.0527. The standard InChI is InChI=1S/C30H29N3O5S/c1-23-12-14-25(15-13-23)22-38-26-18-16-24(17-19-26)20-31-32-30(34)21-33(28-10-6-7-11-29(28)37-2)39(35,36)27-8-4-3-5-9-27/h3-20H,21-22H2,1-2H3,(H,32,34). The third-order valence-corrected chi connectivity index (χ3v) is 7.56. The van der Waals surface area contributed by atoms with Gasteiger partial charge in [0.25, 0.3) is 15.9 Å². The number of nitrogens with zero attached hydrogens (tertiary/aromatic N) is 2. The summed E-state index contributed by atoms with van der Waals surface area (Å²) in [4.78, 5) is 12.9. The van der Waals surface area contributed by atoms with Crippen molar-refractivity contribution in [2.45, 2.75) is 18.4 Å². The van der Waals surface area contributed by atoms with Gasteiger partial charge >= 0.3 is 0 Å². The summed E-state index contributed by atoms with van der Waals surface area (Å²) in [5.41, 5.74) is 5.65. The summed E-state index contributed by atoms with van der Waals surface area (Å²) >= 11 is 0. The molecule has 1 N–H and O–H groups in total. The zero-order chi connectivity index (χ0) is 27.7. The van der Waals surface area contributed by atoms with Gasteiger partial charge in [0, 0.05) is 0 Å². The number of sulfonamides is 1. The summed E-state index contributed by atoms with van der Waals surface area (Å²) in [6.45, 7) is 2.00. The van der Waals surface area contributed by atoms with Crippen molar-refractivity contribution in [3.8, 4) is 11.5 Å². The third kappa shape index (κ3) is 7.24. The van der Waals surface area contributed by atoms with Crippen molar-refractivity contribution in [2.75, 3.05) is 18.0 Å². The molecule has 8 nitrogen and oxygen atoms in total. The lowest BCUT2D eigenvalue weighted by atomic mass is 10.2. The molecule has 1 amide bonds. The smallest absolute Gasteiger partial charge is 0.264 e. The highest BCUT2D eigenvalue weighted by molar-refractivity contribution is 7.92. The van der Waals surface area contributed by atoms with Gasteiger partial charge in [0.1, 0.15) is 24.7 Å². The summed E-state index contributed by atoms with van der Waals surface area (Å²) in [6, 6.07) is 29.9. The van der Waals surface area contributed by atoms with E-state index >= 15 is 0 Å². The first kappa shape index (κ1) is 27.4. The number of carbonyl (C=O) groups excluding carboxylic acids is 1. The van der Waals surface area contributed by atoms with Gasteiger partial charge in [0.15, 0.2) is 0 Å². The van der Waals surface area contributed by atoms with Crippen molar-refractivity contribution in [2.24, 2.45) is 5.10 Å². The van der Waals surface area contributed by atoms with E-state index in [9.17, 15) is 13.2 Å². The Balaban J connectivity index is 1.41. The van der Waals surface area contributed by atoms with Crippen molar-refractivity contribution in [3.05, 3.63) is 120 Å². The number of aryl methyl sites for hydroxylation is 1. The number of carbonyl (C=O) groups is 1. The van der Waals surface area contributed by atoms with Gasteiger partial charge < -0.3 is 9.47 Å². The van der Waals surface area contributed by atoms with Crippen molar-refractivity contribution >= 4 is 27.8 Å². The number of ether oxygens (including phenoxy) is 2. The predicted octanol–water partition coefficient (Wildman–Crippen LogP) is 4.93. The molecule has 0 heterocycles.